The van der Waals surface area contributed by atoms with Crippen molar-refractivity contribution in [1.82, 2.24) is 9.88 Å². The van der Waals surface area contributed by atoms with E-state index in [0.717, 1.165) is 18.7 Å². The highest BCUT2D eigenvalue weighted by atomic mass is 127. The number of nitrogens with zero attached hydrogens (tertiary/aromatic N) is 3. The first-order valence-corrected chi connectivity index (χ1v) is 6.33. The van der Waals surface area contributed by atoms with Crippen LogP contribution in [0.4, 0.5) is 0 Å². The van der Waals surface area contributed by atoms with Gasteiger partial charge in [0, 0.05) is 25.4 Å². The molecule has 19 heavy (non-hydrogen) atoms. The molecule has 0 aromatic carbocycles. The van der Waals surface area contributed by atoms with Crippen molar-refractivity contribution in [2.24, 2.45) is 10.7 Å². The number of aromatic nitrogens is 1. The van der Waals surface area contributed by atoms with Gasteiger partial charge in [0.1, 0.15) is 0 Å². The summed E-state index contributed by atoms with van der Waals surface area (Å²) in [5.41, 5.74) is 7.05. The van der Waals surface area contributed by atoms with Crippen molar-refractivity contribution in [3.63, 3.8) is 0 Å². The molecule has 5 nitrogen and oxygen atoms in total. The van der Waals surface area contributed by atoms with Gasteiger partial charge in [0.2, 0.25) is 5.88 Å². The molecular weight excluding hydrogens is 355 g/mol. The van der Waals surface area contributed by atoms with Gasteiger partial charge in [-0.2, -0.15) is 0 Å². The van der Waals surface area contributed by atoms with E-state index in [-0.39, 0.29) is 24.0 Å². The molecule has 0 bridgehead atoms. The number of hydrogen-bond donors (Lipinski definition) is 1. The summed E-state index contributed by atoms with van der Waals surface area (Å²) in [6.07, 6.45) is 5.44. The molecule has 0 radical (unpaired) electrons. The van der Waals surface area contributed by atoms with E-state index in [9.17, 15) is 0 Å². The lowest BCUT2D eigenvalue weighted by atomic mass is 10.1. The van der Waals surface area contributed by atoms with E-state index in [1.807, 2.05) is 12.1 Å². The minimum absolute atomic E-state index is 0. The quantitative estimate of drug-likeness (QED) is 0.498. The molecule has 1 saturated heterocycles. The highest BCUT2D eigenvalue weighted by Crippen LogP contribution is 2.11. The van der Waals surface area contributed by atoms with Gasteiger partial charge in [-0.25, -0.2) is 9.98 Å². The van der Waals surface area contributed by atoms with Crippen LogP contribution in [-0.2, 0) is 6.54 Å². The van der Waals surface area contributed by atoms with Crippen LogP contribution in [0.1, 0.15) is 24.8 Å². The Morgan fingerprint density at radius 3 is 2.84 bits per heavy atom. The molecule has 0 aliphatic carbocycles. The molecule has 2 N–H and O–H groups in total. The van der Waals surface area contributed by atoms with Crippen LogP contribution in [0.2, 0.25) is 0 Å². The maximum Gasteiger partial charge on any atom is 0.213 e. The molecule has 0 amide bonds. The molecule has 2 rings (SSSR count). The Morgan fingerprint density at radius 1 is 1.42 bits per heavy atom. The molecule has 1 aromatic heterocycles. The zero-order valence-corrected chi connectivity index (χ0v) is 13.5. The van der Waals surface area contributed by atoms with Crippen LogP contribution in [0.15, 0.2) is 23.3 Å². The maximum absolute atomic E-state index is 6.00. The van der Waals surface area contributed by atoms with Gasteiger partial charge >= 0.3 is 0 Å². The normalized spacial score (nSPS) is 15.8. The number of rotatable bonds is 3. The van der Waals surface area contributed by atoms with Gasteiger partial charge in [0.05, 0.1) is 13.7 Å². The van der Waals surface area contributed by atoms with Gasteiger partial charge in [0.25, 0.3) is 0 Å². The summed E-state index contributed by atoms with van der Waals surface area (Å²) in [4.78, 5) is 10.6. The monoisotopic (exact) mass is 376 g/mol. The largest absolute Gasteiger partial charge is 0.481 e. The van der Waals surface area contributed by atoms with E-state index >= 15 is 0 Å². The Labute approximate surface area is 131 Å². The lowest BCUT2D eigenvalue weighted by Crippen LogP contribution is -2.40. The Kier molecular flexibility index (Phi) is 6.90. The number of hydrogen-bond acceptors (Lipinski definition) is 3. The molecule has 1 fully saturated rings. The minimum Gasteiger partial charge on any atom is -0.481 e. The third kappa shape index (κ3) is 4.85. The zero-order valence-electron chi connectivity index (χ0n) is 11.2. The molecule has 1 aliphatic rings. The highest BCUT2D eigenvalue weighted by Gasteiger charge is 2.11. The fourth-order valence-electron chi connectivity index (χ4n) is 2.06. The summed E-state index contributed by atoms with van der Waals surface area (Å²) in [5, 5.41) is 0. The number of nitrogens with two attached hydrogens (primary N) is 1. The van der Waals surface area contributed by atoms with Crippen LogP contribution in [-0.4, -0.2) is 36.0 Å². The lowest BCUT2D eigenvalue weighted by Gasteiger charge is -2.27. The lowest BCUT2D eigenvalue weighted by molar-refractivity contribution is 0.338. The molecule has 0 spiro atoms. The molecule has 0 atom stereocenters. The number of aliphatic imine (C=N–C) groups is 1. The number of ether oxygens (including phenoxy) is 1. The van der Waals surface area contributed by atoms with E-state index < -0.39 is 0 Å². The van der Waals surface area contributed by atoms with Gasteiger partial charge in [-0.1, -0.05) is 0 Å². The summed E-state index contributed by atoms with van der Waals surface area (Å²) in [5.74, 6) is 1.25. The van der Waals surface area contributed by atoms with Crippen LogP contribution in [0.25, 0.3) is 0 Å². The Hall–Kier alpha value is -1.05. The van der Waals surface area contributed by atoms with Gasteiger partial charge in [0.15, 0.2) is 5.96 Å². The van der Waals surface area contributed by atoms with Crippen LogP contribution < -0.4 is 10.5 Å². The smallest absolute Gasteiger partial charge is 0.213 e. The third-order valence-corrected chi connectivity index (χ3v) is 3.11. The van der Waals surface area contributed by atoms with Crippen molar-refractivity contribution in [2.45, 2.75) is 25.8 Å². The average molecular weight is 376 g/mol. The van der Waals surface area contributed by atoms with Crippen molar-refractivity contribution in [3.8, 4) is 5.88 Å². The Bertz CT molecular complexity index is 419. The maximum atomic E-state index is 6.00. The van der Waals surface area contributed by atoms with E-state index in [2.05, 4.69) is 14.9 Å². The standard InChI is InChI=1S/C13H20N4O.HI/c1-18-12-9-11(5-6-15-12)10-16-13(14)17-7-3-2-4-8-17;/h5-6,9H,2-4,7-8,10H2,1H3,(H2,14,16);1H. The molecule has 2 heterocycles. The Morgan fingerprint density at radius 2 is 2.16 bits per heavy atom. The van der Waals surface area contributed by atoms with E-state index in [1.54, 1.807) is 13.3 Å². The van der Waals surface area contributed by atoms with Crippen molar-refractivity contribution in [3.05, 3.63) is 23.9 Å². The molecule has 6 heteroatoms. The SMILES string of the molecule is COc1cc(CN=C(N)N2CCCCC2)ccn1.I. The number of likely N-dealkylation sites (tertiary alicyclic amines) is 1. The second-order valence-corrected chi connectivity index (χ2v) is 4.43. The summed E-state index contributed by atoms with van der Waals surface area (Å²) in [6.45, 7) is 2.62. The van der Waals surface area contributed by atoms with E-state index in [4.69, 9.17) is 10.5 Å². The van der Waals surface area contributed by atoms with Gasteiger partial charge in [-0.3, -0.25) is 0 Å². The van der Waals surface area contributed by atoms with Crippen molar-refractivity contribution < 1.29 is 4.74 Å². The van der Waals surface area contributed by atoms with Crippen molar-refractivity contribution in [1.29, 1.82) is 0 Å². The predicted molar refractivity (Wildman–Crippen MR) is 87.0 cm³/mol. The average Bonchev–Trinajstić information content (AvgIpc) is 2.46. The van der Waals surface area contributed by atoms with Crippen LogP contribution in [0, 0.1) is 0 Å². The topological polar surface area (TPSA) is 63.7 Å². The van der Waals surface area contributed by atoms with Gasteiger partial charge in [-0.15, -0.1) is 24.0 Å². The first-order valence-electron chi connectivity index (χ1n) is 6.33. The van der Waals surface area contributed by atoms with Crippen LogP contribution >= 0.6 is 24.0 Å². The summed E-state index contributed by atoms with van der Waals surface area (Å²) >= 11 is 0. The van der Waals surface area contributed by atoms with Crippen LogP contribution in [0.5, 0.6) is 5.88 Å². The number of methoxy groups -OCH3 is 1. The molecule has 0 unspecified atom stereocenters. The first-order chi connectivity index (χ1) is 8.79. The minimum atomic E-state index is 0. The molecular formula is C13H21IN4O. The highest BCUT2D eigenvalue weighted by molar-refractivity contribution is 14.0. The number of guanidine groups is 1. The van der Waals surface area contributed by atoms with Crippen LogP contribution in [0.3, 0.4) is 0 Å². The van der Waals surface area contributed by atoms with E-state index in [1.165, 1.54) is 19.3 Å². The molecule has 106 valence electrons. The summed E-state index contributed by atoms with van der Waals surface area (Å²) < 4.78 is 5.08. The van der Waals surface area contributed by atoms with Crippen molar-refractivity contribution in [2.75, 3.05) is 20.2 Å². The Balaban J connectivity index is 0.00000180. The van der Waals surface area contributed by atoms with Gasteiger partial charge in [-0.05, 0) is 30.9 Å². The second-order valence-electron chi connectivity index (χ2n) is 4.43. The summed E-state index contributed by atoms with van der Waals surface area (Å²) in [7, 11) is 1.61. The first kappa shape index (κ1) is 16.0. The molecule has 1 aromatic rings. The number of pyridine rings is 1. The van der Waals surface area contributed by atoms with Crippen molar-refractivity contribution >= 4 is 29.9 Å². The summed E-state index contributed by atoms with van der Waals surface area (Å²) in [6, 6.07) is 3.81. The molecule has 0 saturated carbocycles. The number of piperidine rings is 1. The van der Waals surface area contributed by atoms with Gasteiger partial charge < -0.3 is 15.4 Å². The predicted octanol–water partition coefficient (Wildman–Crippen LogP) is 2.01. The zero-order chi connectivity index (χ0) is 12.8. The third-order valence-electron chi connectivity index (χ3n) is 3.11. The van der Waals surface area contributed by atoms with E-state index in [0.29, 0.717) is 18.4 Å². The molecule has 1 aliphatic heterocycles. The number of halogens is 1. The second kappa shape index (κ2) is 8.19. The fourth-order valence-corrected chi connectivity index (χ4v) is 2.06. The fraction of sp³-hybridized carbons (Fsp3) is 0.538.